The molecule has 1 aromatic rings. The summed E-state index contributed by atoms with van der Waals surface area (Å²) in [6.45, 7) is 2.16. The van der Waals surface area contributed by atoms with Gasteiger partial charge in [0.25, 0.3) is 0 Å². The van der Waals surface area contributed by atoms with Gasteiger partial charge in [-0.25, -0.2) is 0 Å². The smallest absolute Gasteiger partial charge is 1.00 e. The van der Waals surface area contributed by atoms with Crippen LogP contribution in [0.1, 0.15) is 12.5 Å². The molecular weight excluding hydrogens is 268 g/mol. The van der Waals surface area contributed by atoms with Gasteiger partial charge in [-0.05, 0) is 12.0 Å². The molecule has 0 saturated carbocycles. The molecule has 3 heteroatoms. The summed E-state index contributed by atoms with van der Waals surface area (Å²) in [4.78, 5) is 0. The van der Waals surface area contributed by atoms with Gasteiger partial charge >= 0.3 is 19.5 Å². The Morgan fingerprint density at radius 1 is 1.00 bits per heavy atom. The van der Waals surface area contributed by atoms with Crippen molar-refractivity contribution in [2.75, 3.05) is 0 Å². The summed E-state index contributed by atoms with van der Waals surface area (Å²) in [6.07, 6.45) is 1.14. The summed E-state index contributed by atoms with van der Waals surface area (Å²) in [6, 6.07) is 10.5. The SMILES string of the molecule is CCc1ccccc1.[Cl-].[Cl-].[Ru+2]. The van der Waals surface area contributed by atoms with Crippen LogP contribution in [0.4, 0.5) is 0 Å². The number of aryl methyl sites for hydroxylation is 1. The van der Waals surface area contributed by atoms with E-state index >= 15 is 0 Å². The van der Waals surface area contributed by atoms with Gasteiger partial charge in [-0.2, -0.15) is 0 Å². The van der Waals surface area contributed by atoms with Gasteiger partial charge in [-0.1, -0.05) is 37.3 Å². The molecule has 11 heavy (non-hydrogen) atoms. The minimum absolute atomic E-state index is 0. The van der Waals surface area contributed by atoms with E-state index in [0.717, 1.165) is 6.42 Å². The Balaban J connectivity index is -0.000000213. The van der Waals surface area contributed by atoms with Gasteiger partial charge in [0.2, 0.25) is 0 Å². The van der Waals surface area contributed by atoms with Crippen LogP contribution >= 0.6 is 0 Å². The van der Waals surface area contributed by atoms with Crippen molar-refractivity contribution in [2.45, 2.75) is 13.3 Å². The zero-order valence-electron chi connectivity index (χ0n) is 6.20. The summed E-state index contributed by atoms with van der Waals surface area (Å²) in [5.74, 6) is 0. The molecule has 0 nitrogen and oxygen atoms in total. The average molecular weight is 278 g/mol. The summed E-state index contributed by atoms with van der Waals surface area (Å²) in [7, 11) is 0. The van der Waals surface area contributed by atoms with E-state index in [9.17, 15) is 0 Å². The van der Waals surface area contributed by atoms with Crippen molar-refractivity contribution in [1.29, 1.82) is 0 Å². The summed E-state index contributed by atoms with van der Waals surface area (Å²) < 4.78 is 0. The van der Waals surface area contributed by atoms with Crippen molar-refractivity contribution in [3.63, 3.8) is 0 Å². The van der Waals surface area contributed by atoms with Crippen molar-refractivity contribution in [3.8, 4) is 0 Å². The molecule has 1 aromatic carbocycles. The van der Waals surface area contributed by atoms with E-state index in [-0.39, 0.29) is 44.3 Å². The maximum absolute atomic E-state index is 2.16. The van der Waals surface area contributed by atoms with Crippen LogP contribution in [0.15, 0.2) is 30.3 Å². The molecule has 0 N–H and O–H groups in total. The average Bonchev–Trinajstić information content (AvgIpc) is 1.90. The van der Waals surface area contributed by atoms with E-state index in [1.54, 1.807) is 0 Å². The topological polar surface area (TPSA) is 0 Å². The molecule has 0 heterocycles. The molecule has 0 fully saturated rings. The number of benzene rings is 1. The Bertz CT molecular complexity index is 153. The van der Waals surface area contributed by atoms with Crippen LogP contribution in [0, 0.1) is 0 Å². The molecule has 64 valence electrons. The Morgan fingerprint density at radius 3 is 1.73 bits per heavy atom. The molecule has 0 bridgehead atoms. The zero-order valence-corrected chi connectivity index (χ0v) is 9.45. The van der Waals surface area contributed by atoms with Crippen LogP contribution in [-0.2, 0) is 25.9 Å². The van der Waals surface area contributed by atoms with Crippen molar-refractivity contribution in [3.05, 3.63) is 35.9 Å². The fraction of sp³-hybridized carbons (Fsp3) is 0.250. The molecule has 0 aliphatic rings. The van der Waals surface area contributed by atoms with Crippen molar-refractivity contribution < 1.29 is 44.3 Å². The maximum Gasteiger partial charge on any atom is 2.00 e. The normalized spacial score (nSPS) is 6.64. The Morgan fingerprint density at radius 2 is 1.45 bits per heavy atom. The van der Waals surface area contributed by atoms with Crippen molar-refractivity contribution in [1.82, 2.24) is 0 Å². The van der Waals surface area contributed by atoms with Gasteiger partial charge < -0.3 is 24.8 Å². The number of halogens is 2. The van der Waals surface area contributed by atoms with Gasteiger partial charge in [0.15, 0.2) is 0 Å². The second kappa shape index (κ2) is 10.4. The molecule has 0 unspecified atom stereocenters. The minimum Gasteiger partial charge on any atom is -1.00 e. The van der Waals surface area contributed by atoms with Crippen LogP contribution in [0.25, 0.3) is 0 Å². The van der Waals surface area contributed by atoms with Gasteiger partial charge in [0, 0.05) is 0 Å². The summed E-state index contributed by atoms with van der Waals surface area (Å²) >= 11 is 0. The van der Waals surface area contributed by atoms with Crippen molar-refractivity contribution in [2.24, 2.45) is 0 Å². The Labute approximate surface area is 93.4 Å². The predicted octanol–water partition coefficient (Wildman–Crippen LogP) is -3.75. The van der Waals surface area contributed by atoms with E-state index in [1.165, 1.54) is 5.56 Å². The van der Waals surface area contributed by atoms with Gasteiger partial charge in [0.05, 0.1) is 0 Å². The molecule has 0 amide bonds. The van der Waals surface area contributed by atoms with Gasteiger partial charge in [0.1, 0.15) is 0 Å². The predicted molar refractivity (Wildman–Crippen MR) is 35.8 cm³/mol. The summed E-state index contributed by atoms with van der Waals surface area (Å²) in [5, 5.41) is 0. The second-order valence-electron chi connectivity index (χ2n) is 1.84. The Kier molecular flexibility index (Phi) is 16.6. The van der Waals surface area contributed by atoms with E-state index in [2.05, 4.69) is 31.2 Å². The third kappa shape index (κ3) is 6.81. The first-order valence-electron chi connectivity index (χ1n) is 2.97. The molecule has 0 atom stereocenters. The van der Waals surface area contributed by atoms with E-state index in [1.807, 2.05) is 6.07 Å². The number of hydrogen-bond donors (Lipinski definition) is 0. The molecule has 0 aliphatic heterocycles. The third-order valence-corrected chi connectivity index (χ3v) is 1.25. The number of hydrogen-bond acceptors (Lipinski definition) is 0. The molecule has 0 aliphatic carbocycles. The van der Waals surface area contributed by atoms with Crippen LogP contribution in [0.3, 0.4) is 0 Å². The first kappa shape index (κ1) is 17.5. The molecule has 0 radical (unpaired) electrons. The van der Waals surface area contributed by atoms with Crippen LogP contribution in [0.5, 0.6) is 0 Å². The fourth-order valence-electron chi connectivity index (χ4n) is 0.714. The van der Waals surface area contributed by atoms with E-state index in [0.29, 0.717) is 0 Å². The first-order valence-corrected chi connectivity index (χ1v) is 2.97. The van der Waals surface area contributed by atoms with Gasteiger partial charge in [-0.15, -0.1) is 0 Å². The monoisotopic (exact) mass is 278 g/mol. The Hall–Kier alpha value is 0.423. The third-order valence-electron chi connectivity index (χ3n) is 1.25. The molecular formula is C8H10Cl2Ru. The maximum atomic E-state index is 2.16. The fourth-order valence-corrected chi connectivity index (χ4v) is 0.714. The molecule has 0 spiro atoms. The van der Waals surface area contributed by atoms with Crippen molar-refractivity contribution >= 4 is 0 Å². The van der Waals surface area contributed by atoms with Gasteiger partial charge in [-0.3, -0.25) is 0 Å². The first-order chi connectivity index (χ1) is 3.93. The quantitative estimate of drug-likeness (QED) is 0.463. The zero-order chi connectivity index (χ0) is 5.82. The van der Waals surface area contributed by atoms with Crippen LogP contribution in [0.2, 0.25) is 0 Å². The molecule has 0 aromatic heterocycles. The second-order valence-corrected chi connectivity index (χ2v) is 1.84. The number of rotatable bonds is 1. The van der Waals surface area contributed by atoms with Crippen LogP contribution < -0.4 is 24.8 Å². The molecule has 1 rings (SSSR count). The van der Waals surface area contributed by atoms with E-state index in [4.69, 9.17) is 0 Å². The largest absolute Gasteiger partial charge is 2.00 e. The minimum atomic E-state index is 0. The summed E-state index contributed by atoms with van der Waals surface area (Å²) in [5.41, 5.74) is 1.41. The van der Waals surface area contributed by atoms with Crippen LogP contribution in [-0.4, -0.2) is 0 Å². The standard InChI is InChI=1S/C8H10.2ClH.Ru/c1-2-8-6-4-3-5-7-8;;;/h3-7H,2H2,1H3;2*1H;/q;;;+2/p-2. The van der Waals surface area contributed by atoms with E-state index < -0.39 is 0 Å². The molecule has 0 saturated heterocycles.